The molecule has 4 N–H and O–H groups in total. The van der Waals surface area contributed by atoms with E-state index in [4.69, 9.17) is 10.7 Å². The standard InChI is InChI=1S/C27H29N7O/c1-3-5-9-20(4-2)30-27(35)33-14-11-18(12-15-33)26-32-23(24-25(28)29-13-16-34(24)26)22-17-19-8-6-7-10-21(19)31-22/h3-10,13,16-18,31H,2,11-12,14-15H2,1H3,(H2,28,29)(H,30,35)/b5-3-,20-9+. The molecule has 0 bridgehead atoms. The minimum Gasteiger partial charge on any atom is -0.382 e. The number of hydrogen-bond donors (Lipinski definition) is 3. The predicted octanol–water partition coefficient (Wildman–Crippen LogP) is 4.99. The number of nitrogens with two attached hydrogens (primary N) is 1. The van der Waals surface area contributed by atoms with Gasteiger partial charge >= 0.3 is 6.03 Å². The summed E-state index contributed by atoms with van der Waals surface area (Å²) < 4.78 is 2.05. The number of likely N-dealkylation sites (tertiary alicyclic amines) is 1. The fourth-order valence-corrected chi connectivity index (χ4v) is 4.67. The zero-order valence-electron chi connectivity index (χ0n) is 19.7. The molecule has 0 radical (unpaired) electrons. The predicted molar refractivity (Wildman–Crippen MR) is 140 cm³/mol. The molecule has 1 fully saturated rings. The van der Waals surface area contributed by atoms with Crippen LogP contribution < -0.4 is 11.1 Å². The van der Waals surface area contributed by atoms with Gasteiger partial charge < -0.3 is 20.9 Å². The Kier molecular flexibility index (Phi) is 6.10. The molecule has 1 aliphatic rings. The minimum atomic E-state index is -0.112. The van der Waals surface area contributed by atoms with Gasteiger partial charge in [-0.05, 0) is 44.1 Å². The van der Waals surface area contributed by atoms with Crippen molar-refractivity contribution in [1.82, 2.24) is 29.6 Å². The Morgan fingerprint density at radius 2 is 2.09 bits per heavy atom. The lowest BCUT2D eigenvalue weighted by Gasteiger charge is -2.31. The van der Waals surface area contributed by atoms with Crippen LogP contribution in [-0.2, 0) is 0 Å². The number of amides is 2. The van der Waals surface area contributed by atoms with Gasteiger partial charge in [0.05, 0.1) is 5.69 Å². The Labute approximate surface area is 203 Å². The maximum atomic E-state index is 12.8. The van der Waals surface area contributed by atoms with Gasteiger partial charge in [-0.2, -0.15) is 0 Å². The summed E-state index contributed by atoms with van der Waals surface area (Å²) in [7, 11) is 0. The van der Waals surface area contributed by atoms with Crippen molar-refractivity contribution in [3.05, 3.63) is 85.1 Å². The molecular formula is C27H29N7O. The normalized spacial score (nSPS) is 15.3. The number of allylic oxidation sites excluding steroid dienone is 4. The number of fused-ring (bicyclic) bond motifs is 2. The van der Waals surface area contributed by atoms with Gasteiger partial charge in [-0.15, -0.1) is 0 Å². The Morgan fingerprint density at radius 3 is 2.83 bits per heavy atom. The summed E-state index contributed by atoms with van der Waals surface area (Å²) in [5.41, 5.74) is 10.6. The lowest BCUT2D eigenvalue weighted by Crippen LogP contribution is -2.43. The first-order valence-electron chi connectivity index (χ1n) is 11.8. The molecule has 0 unspecified atom stereocenters. The van der Waals surface area contributed by atoms with Crippen LogP contribution in [0.2, 0.25) is 0 Å². The van der Waals surface area contributed by atoms with Gasteiger partial charge in [0.25, 0.3) is 0 Å². The number of imidazole rings is 1. The number of nitrogens with zero attached hydrogens (tertiary/aromatic N) is 4. The van der Waals surface area contributed by atoms with E-state index in [9.17, 15) is 4.79 Å². The molecule has 3 aromatic heterocycles. The SMILES string of the molecule is C=C/C(=C\C=C/C)NC(=O)N1CCC(c2nc(-c3cc4ccccc4[nH]3)c3c(N)nccn23)CC1. The number of piperidine rings is 1. The fourth-order valence-electron chi connectivity index (χ4n) is 4.67. The molecule has 35 heavy (non-hydrogen) atoms. The third-order valence-corrected chi connectivity index (χ3v) is 6.48. The van der Waals surface area contributed by atoms with Crippen molar-refractivity contribution in [3.63, 3.8) is 0 Å². The van der Waals surface area contributed by atoms with Crippen molar-refractivity contribution in [1.29, 1.82) is 0 Å². The van der Waals surface area contributed by atoms with Crippen LogP contribution in [-0.4, -0.2) is 43.4 Å². The highest BCUT2D eigenvalue weighted by Gasteiger charge is 2.28. The molecule has 0 aliphatic carbocycles. The zero-order chi connectivity index (χ0) is 24.4. The summed E-state index contributed by atoms with van der Waals surface area (Å²) >= 11 is 0. The van der Waals surface area contributed by atoms with E-state index in [2.05, 4.69) is 38.4 Å². The van der Waals surface area contributed by atoms with Crippen molar-refractivity contribution < 1.29 is 4.79 Å². The van der Waals surface area contributed by atoms with Crippen LogP contribution in [0, 0.1) is 0 Å². The van der Waals surface area contributed by atoms with Gasteiger partial charge in [0.2, 0.25) is 0 Å². The molecule has 4 heterocycles. The lowest BCUT2D eigenvalue weighted by molar-refractivity contribution is 0.183. The molecule has 2 amide bonds. The third-order valence-electron chi connectivity index (χ3n) is 6.48. The number of nitrogens with one attached hydrogen (secondary N) is 2. The first-order chi connectivity index (χ1) is 17.1. The molecule has 0 saturated carbocycles. The van der Waals surface area contributed by atoms with Gasteiger partial charge in [-0.25, -0.2) is 14.8 Å². The first-order valence-corrected chi connectivity index (χ1v) is 11.8. The summed E-state index contributed by atoms with van der Waals surface area (Å²) in [6.07, 6.45) is 12.5. The largest absolute Gasteiger partial charge is 0.382 e. The maximum Gasteiger partial charge on any atom is 0.321 e. The Balaban J connectivity index is 1.40. The number of rotatable bonds is 5. The van der Waals surface area contributed by atoms with Gasteiger partial charge in [-0.1, -0.05) is 36.9 Å². The number of urea groups is 1. The number of carbonyl (C=O) groups excluding carboxylic acids is 1. The second-order valence-electron chi connectivity index (χ2n) is 8.66. The van der Waals surface area contributed by atoms with Crippen molar-refractivity contribution >= 4 is 28.3 Å². The zero-order valence-corrected chi connectivity index (χ0v) is 19.7. The quantitative estimate of drug-likeness (QED) is 0.360. The number of aromatic nitrogens is 4. The number of carbonyl (C=O) groups is 1. The number of hydrogen-bond acceptors (Lipinski definition) is 4. The fraction of sp³-hybridized carbons (Fsp3) is 0.222. The number of nitrogen functional groups attached to an aromatic ring is 1. The van der Waals surface area contributed by atoms with Crippen LogP contribution in [0.1, 0.15) is 31.5 Å². The molecule has 4 aromatic rings. The highest BCUT2D eigenvalue weighted by atomic mass is 16.2. The van der Waals surface area contributed by atoms with Crippen LogP contribution >= 0.6 is 0 Å². The summed E-state index contributed by atoms with van der Waals surface area (Å²) in [6, 6.07) is 10.1. The van der Waals surface area contributed by atoms with Gasteiger partial charge in [-0.3, -0.25) is 4.40 Å². The van der Waals surface area contributed by atoms with Crippen molar-refractivity contribution in [3.8, 4) is 11.4 Å². The first kappa shape index (κ1) is 22.5. The smallest absolute Gasteiger partial charge is 0.321 e. The molecule has 0 spiro atoms. The number of aromatic amines is 1. The minimum absolute atomic E-state index is 0.112. The number of benzene rings is 1. The average molecular weight is 468 g/mol. The summed E-state index contributed by atoms with van der Waals surface area (Å²) in [5, 5.41) is 4.05. The molecule has 5 rings (SSSR count). The van der Waals surface area contributed by atoms with E-state index in [1.54, 1.807) is 12.3 Å². The average Bonchev–Trinajstić information content (AvgIpc) is 3.49. The van der Waals surface area contributed by atoms with Crippen molar-refractivity contribution in [2.75, 3.05) is 18.8 Å². The Bertz CT molecular complexity index is 1420. The molecule has 178 valence electrons. The van der Waals surface area contributed by atoms with Crippen LogP contribution in [0.25, 0.3) is 27.8 Å². The topological polar surface area (TPSA) is 104 Å². The van der Waals surface area contributed by atoms with E-state index in [1.807, 2.05) is 54.4 Å². The molecule has 1 aliphatic heterocycles. The number of para-hydroxylation sites is 1. The number of anilines is 1. The van der Waals surface area contributed by atoms with Crippen LogP contribution in [0.3, 0.4) is 0 Å². The van der Waals surface area contributed by atoms with Gasteiger partial charge in [0.1, 0.15) is 22.9 Å². The second kappa shape index (κ2) is 9.50. The summed E-state index contributed by atoms with van der Waals surface area (Å²) in [6.45, 7) is 6.98. The van der Waals surface area contributed by atoms with Crippen molar-refractivity contribution in [2.45, 2.75) is 25.7 Å². The number of H-pyrrole nitrogens is 1. The lowest BCUT2D eigenvalue weighted by atomic mass is 9.96. The van der Waals surface area contributed by atoms with E-state index in [0.717, 1.165) is 46.5 Å². The maximum absolute atomic E-state index is 12.8. The third kappa shape index (κ3) is 4.30. The van der Waals surface area contributed by atoms with E-state index in [0.29, 0.717) is 24.6 Å². The van der Waals surface area contributed by atoms with Gasteiger partial charge in [0, 0.05) is 48.0 Å². The van der Waals surface area contributed by atoms with Crippen LogP contribution in [0.15, 0.2) is 79.3 Å². The molecular weight excluding hydrogens is 438 g/mol. The van der Waals surface area contributed by atoms with Crippen LogP contribution in [0.4, 0.5) is 10.6 Å². The molecule has 1 aromatic carbocycles. The summed E-state index contributed by atoms with van der Waals surface area (Å²) in [4.78, 5) is 27.5. The van der Waals surface area contributed by atoms with Crippen molar-refractivity contribution in [2.24, 2.45) is 0 Å². The Hall–Kier alpha value is -4.33. The second-order valence-corrected chi connectivity index (χ2v) is 8.66. The molecule has 1 saturated heterocycles. The molecule has 8 nitrogen and oxygen atoms in total. The molecule has 8 heteroatoms. The van der Waals surface area contributed by atoms with Gasteiger partial charge in [0.15, 0.2) is 0 Å². The van der Waals surface area contributed by atoms with E-state index >= 15 is 0 Å². The van der Waals surface area contributed by atoms with Crippen LogP contribution in [0.5, 0.6) is 0 Å². The van der Waals surface area contributed by atoms with E-state index < -0.39 is 0 Å². The van der Waals surface area contributed by atoms with E-state index in [1.165, 1.54) is 0 Å². The highest BCUT2D eigenvalue weighted by Crippen LogP contribution is 2.35. The van der Waals surface area contributed by atoms with E-state index in [-0.39, 0.29) is 11.9 Å². The Morgan fingerprint density at radius 1 is 1.29 bits per heavy atom. The monoisotopic (exact) mass is 467 g/mol. The highest BCUT2D eigenvalue weighted by molar-refractivity contribution is 5.91. The summed E-state index contributed by atoms with van der Waals surface area (Å²) in [5.74, 6) is 1.59. The molecule has 0 atom stereocenters.